The second kappa shape index (κ2) is 10.9. The summed E-state index contributed by atoms with van der Waals surface area (Å²) in [5.41, 5.74) is 1.15. The van der Waals surface area contributed by atoms with E-state index in [0.717, 1.165) is 60.7 Å². The van der Waals surface area contributed by atoms with Crippen LogP contribution in [0.4, 0.5) is 0 Å². The molecule has 0 saturated heterocycles. The van der Waals surface area contributed by atoms with E-state index in [4.69, 9.17) is 14.2 Å². The molecule has 0 aliphatic carbocycles. The third-order valence-corrected chi connectivity index (χ3v) is 3.89. The van der Waals surface area contributed by atoms with Crippen molar-refractivity contribution >= 4 is 15.9 Å². The van der Waals surface area contributed by atoms with Gasteiger partial charge in [-0.2, -0.15) is 0 Å². The summed E-state index contributed by atoms with van der Waals surface area (Å²) >= 11 is 3.56. The van der Waals surface area contributed by atoms with Gasteiger partial charge in [0.05, 0.1) is 14.2 Å². The molecule has 1 rings (SSSR count). The lowest BCUT2D eigenvalue weighted by atomic mass is 10.2. The summed E-state index contributed by atoms with van der Waals surface area (Å²) in [5, 5.41) is 3.42. The molecule has 21 heavy (non-hydrogen) atoms. The van der Waals surface area contributed by atoms with Gasteiger partial charge >= 0.3 is 0 Å². The van der Waals surface area contributed by atoms with Gasteiger partial charge in [0.1, 0.15) is 0 Å². The number of halogens is 1. The maximum atomic E-state index is 5.53. The standard InChI is InChI=1S/C16H26BrNO3/c1-4-5-8-21-9-6-7-18-12-13-10-15(19-2)16(20-3)11-14(13)17/h10-11,18H,4-9,12H2,1-3H3. The lowest BCUT2D eigenvalue weighted by Crippen LogP contribution is -2.17. The monoisotopic (exact) mass is 359 g/mol. The Morgan fingerprint density at radius 1 is 1.05 bits per heavy atom. The van der Waals surface area contributed by atoms with Crippen LogP contribution in [0.25, 0.3) is 0 Å². The van der Waals surface area contributed by atoms with Crippen molar-refractivity contribution in [2.24, 2.45) is 0 Å². The van der Waals surface area contributed by atoms with Crippen LogP contribution in [0.3, 0.4) is 0 Å². The third kappa shape index (κ3) is 6.68. The average Bonchev–Trinajstić information content (AvgIpc) is 2.50. The van der Waals surface area contributed by atoms with Crippen LogP contribution in [0.1, 0.15) is 31.7 Å². The first-order valence-corrected chi connectivity index (χ1v) is 8.21. The second-order valence-electron chi connectivity index (χ2n) is 4.79. The molecule has 0 spiro atoms. The minimum atomic E-state index is 0.734. The number of hydrogen-bond acceptors (Lipinski definition) is 4. The summed E-state index contributed by atoms with van der Waals surface area (Å²) in [6.07, 6.45) is 3.35. The van der Waals surface area contributed by atoms with Crippen LogP contribution in [-0.2, 0) is 11.3 Å². The van der Waals surface area contributed by atoms with Crippen molar-refractivity contribution in [1.29, 1.82) is 0 Å². The van der Waals surface area contributed by atoms with Gasteiger partial charge in [0.15, 0.2) is 11.5 Å². The molecule has 0 aliphatic heterocycles. The summed E-state index contributed by atoms with van der Waals surface area (Å²) in [4.78, 5) is 0. The van der Waals surface area contributed by atoms with Crippen molar-refractivity contribution in [3.8, 4) is 11.5 Å². The summed E-state index contributed by atoms with van der Waals surface area (Å²) in [6.45, 7) is 5.59. The molecule has 0 heterocycles. The number of unbranched alkanes of at least 4 members (excludes halogenated alkanes) is 1. The molecular formula is C16H26BrNO3. The van der Waals surface area contributed by atoms with Crippen LogP contribution in [-0.4, -0.2) is 34.0 Å². The van der Waals surface area contributed by atoms with Crippen molar-refractivity contribution in [2.75, 3.05) is 34.0 Å². The van der Waals surface area contributed by atoms with Gasteiger partial charge in [-0.25, -0.2) is 0 Å². The van der Waals surface area contributed by atoms with E-state index < -0.39 is 0 Å². The molecule has 0 unspecified atom stereocenters. The zero-order chi connectivity index (χ0) is 15.5. The zero-order valence-electron chi connectivity index (χ0n) is 13.2. The second-order valence-corrected chi connectivity index (χ2v) is 5.65. The van der Waals surface area contributed by atoms with E-state index in [1.807, 2.05) is 12.1 Å². The van der Waals surface area contributed by atoms with E-state index >= 15 is 0 Å². The van der Waals surface area contributed by atoms with Gasteiger partial charge < -0.3 is 19.5 Å². The van der Waals surface area contributed by atoms with E-state index in [1.165, 1.54) is 6.42 Å². The van der Waals surface area contributed by atoms with Crippen LogP contribution in [0.15, 0.2) is 16.6 Å². The average molecular weight is 360 g/mol. The molecule has 1 aromatic rings. The van der Waals surface area contributed by atoms with Crippen LogP contribution in [0, 0.1) is 0 Å². The highest BCUT2D eigenvalue weighted by molar-refractivity contribution is 9.10. The van der Waals surface area contributed by atoms with E-state index in [0.29, 0.717) is 0 Å². The Morgan fingerprint density at radius 2 is 1.71 bits per heavy atom. The van der Waals surface area contributed by atoms with Crippen molar-refractivity contribution in [2.45, 2.75) is 32.7 Å². The Hall–Kier alpha value is -0.780. The molecule has 0 aromatic heterocycles. The van der Waals surface area contributed by atoms with E-state index in [-0.39, 0.29) is 0 Å². The normalized spacial score (nSPS) is 10.7. The lowest BCUT2D eigenvalue weighted by molar-refractivity contribution is 0.129. The largest absolute Gasteiger partial charge is 0.493 e. The number of benzene rings is 1. The molecule has 0 fully saturated rings. The van der Waals surface area contributed by atoms with Crippen LogP contribution in [0.2, 0.25) is 0 Å². The van der Waals surface area contributed by atoms with Gasteiger partial charge in [-0.15, -0.1) is 0 Å². The number of rotatable bonds is 11. The molecule has 0 saturated carbocycles. The van der Waals surface area contributed by atoms with Gasteiger partial charge in [0.2, 0.25) is 0 Å². The summed E-state index contributed by atoms with van der Waals surface area (Å²) in [5.74, 6) is 1.48. The summed E-state index contributed by atoms with van der Waals surface area (Å²) in [7, 11) is 3.29. The van der Waals surface area contributed by atoms with Gasteiger partial charge in [-0.3, -0.25) is 0 Å². The fourth-order valence-corrected chi connectivity index (χ4v) is 2.37. The number of methoxy groups -OCH3 is 2. The summed E-state index contributed by atoms with van der Waals surface area (Å²) < 4.78 is 17.1. The van der Waals surface area contributed by atoms with E-state index in [2.05, 4.69) is 28.2 Å². The molecule has 0 radical (unpaired) electrons. The summed E-state index contributed by atoms with van der Waals surface area (Å²) in [6, 6.07) is 3.93. The Balaban J connectivity index is 2.32. The molecule has 0 bridgehead atoms. The SMILES string of the molecule is CCCCOCCCNCc1cc(OC)c(OC)cc1Br. The fraction of sp³-hybridized carbons (Fsp3) is 0.625. The molecule has 0 aliphatic rings. The van der Waals surface area contributed by atoms with Crippen molar-refractivity contribution in [3.05, 3.63) is 22.2 Å². The van der Waals surface area contributed by atoms with Gasteiger partial charge in [-0.1, -0.05) is 29.3 Å². The maximum absolute atomic E-state index is 5.53. The van der Waals surface area contributed by atoms with Crippen LogP contribution < -0.4 is 14.8 Å². The van der Waals surface area contributed by atoms with Crippen LogP contribution >= 0.6 is 15.9 Å². The quantitative estimate of drug-likeness (QED) is 0.610. The molecule has 0 atom stereocenters. The maximum Gasteiger partial charge on any atom is 0.161 e. The number of hydrogen-bond donors (Lipinski definition) is 1. The number of ether oxygens (including phenoxy) is 3. The van der Waals surface area contributed by atoms with Crippen molar-refractivity contribution < 1.29 is 14.2 Å². The van der Waals surface area contributed by atoms with E-state index in [1.54, 1.807) is 14.2 Å². The predicted octanol–water partition coefficient (Wildman–Crippen LogP) is 3.76. The molecule has 5 heteroatoms. The molecular weight excluding hydrogens is 334 g/mol. The van der Waals surface area contributed by atoms with Crippen molar-refractivity contribution in [1.82, 2.24) is 5.32 Å². The molecule has 120 valence electrons. The highest BCUT2D eigenvalue weighted by atomic mass is 79.9. The highest BCUT2D eigenvalue weighted by Crippen LogP contribution is 2.33. The first kappa shape index (κ1) is 18.3. The Bertz CT molecular complexity index is 413. The minimum absolute atomic E-state index is 0.734. The minimum Gasteiger partial charge on any atom is -0.493 e. The Morgan fingerprint density at radius 3 is 2.38 bits per heavy atom. The third-order valence-electron chi connectivity index (χ3n) is 3.15. The Kier molecular flexibility index (Phi) is 9.46. The first-order valence-electron chi connectivity index (χ1n) is 7.41. The molecule has 1 aromatic carbocycles. The van der Waals surface area contributed by atoms with Gasteiger partial charge in [0, 0.05) is 24.2 Å². The topological polar surface area (TPSA) is 39.7 Å². The van der Waals surface area contributed by atoms with E-state index in [9.17, 15) is 0 Å². The predicted molar refractivity (Wildman–Crippen MR) is 89.3 cm³/mol. The van der Waals surface area contributed by atoms with Gasteiger partial charge in [0.25, 0.3) is 0 Å². The molecule has 0 amide bonds. The Labute approximate surface area is 136 Å². The number of nitrogens with one attached hydrogen (secondary N) is 1. The smallest absolute Gasteiger partial charge is 0.161 e. The van der Waals surface area contributed by atoms with Crippen LogP contribution in [0.5, 0.6) is 11.5 Å². The lowest BCUT2D eigenvalue weighted by Gasteiger charge is -2.12. The molecule has 4 nitrogen and oxygen atoms in total. The fourth-order valence-electron chi connectivity index (χ4n) is 1.90. The first-order chi connectivity index (χ1) is 10.2. The highest BCUT2D eigenvalue weighted by Gasteiger charge is 2.09. The molecule has 1 N–H and O–H groups in total. The van der Waals surface area contributed by atoms with Gasteiger partial charge in [-0.05, 0) is 37.1 Å². The van der Waals surface area contributed by atoms with Crippen molar-refractivity contribution in [3.63, 3.8) is 0 Å². The zero-order valence-corrected chi connectivity index (χ0v) is 14.8.